The lowest BCUT2D eigenvalue weighted by Gasteiger charge is -2.00. The highest BCUT2D eigenvalue weighted by molar-refractivity contribution is 7.09. The van der Waals surface area contributed by atoms with Crippen molar-refractivity contribution in [3.05, 3.63) is 28.0 Å². The molecule has 0 unspecified atom stereocenters. The van der Waals surface area contributed by atoms with Crippen LogP contribution in [0, 0.1) is 6.92 Å². The highest BCUT2D eigenvalue weighted by Gasteiger charge is 2.13. The Morgan fingerprint density at radius 1 is 1.61 bits per heavy atom. The standard InChI is InChI=1S/C11H15N5OS/c1-7-8(5-16(2)15-7)14-11(17)9-6-18-10(13-9)3-4-12/h5-6H,3-4,12H2,1-2H3,(H,14,17). The van der Waals surface area contributed by atoms with Crippen molar-refractivity contribution in [2.24, 2.45) is 12.8 Å². The number of aromatic nitrogens is 3. The molecule has 0 aliphatic carbocycles. The number of nitrogens with two attached hydrogens (primary N) is 1. The zero-order chi connectivity index (χ0) is 13.1. The Balaban J connectivity index is 2.09. The van der Waals surface area contributed by atoms with Crippen molar-refractivity contribution in [1.29, 1.82) is 0 Å². The molecule has 6 nitrogen and oxygen atoms in total. The van der Waals surface area contributed by atoms with Crippen molar-refractivity contribution in [3.8, 4) is 0 Å². The molecule has 0 aliphatic rings. The summed E-state index contributed by atoms with van der Waals surface area (Å²) in [6.45, 7) is 2.38. The number of thiazole rings is 1. The minimum Gasteiger partial charge on any atom is -0.330 e. The van der Waals surface area contributed by atoms with Gasteiger partial charge in [-0.3, -0.25) is 9.48 Å². The lowest BCUT2D eigenvalue weighted by molar-refractivity contribution is 0.102. The van der Waals surface area contributed by atoms with Gasteiger partial charge in [0.1, 0.15) is 5.69 Å². The largest absolute Gasteiger partial charge is 0.330 e. The number of nitrogens with zero attached hydrogens (tertiary/aromatic N) is 3. The summed E-state index contributed by atoms with van der Waals surface area (Å²) < 4.78 is 1.66. The van der Waals surface area contributed by atoms with Crippen molar-refractivity contribution in [2.45, 2.75) is 13.3 Å². The molecule has 18 heavy (non-hydrogen) atoms. The number of carbonyl (C=O) groups is 1. The summed E-state index contributed by atoms with van der Waals surface area (Å²) in [5, 5.41) is 9.58. The van der Waals surface area contributed by atoms with Crippen LogP contribution in [0.1, 0.15) is 21.2 Å². The van der Waals surface area contributed by atoms with Gasteiger partial charge in [-0.2, -0.15) is 5.10 Å². The summed E-state index contributed by atoms with van der Waals surface area (Å²) in [4.78, 5) is 16.2. The zero-order valence-electron chi connectivity index (χ0n) is 10.3. The summed E-state index contributed by atoms with van der Waals surface area (Å²) in [5.41, 5.74) is 7.36. The molecule has 2 heterocycles. The van der Waals surface area contributed by atoms with Gasteiger partial charge >= 0.3 is 0 Å². The van der Waals surface area contributed by atoms with E-state index in [4.69, 9.17) is 5.73 Å². The Morgan fingerprint density at radius 3 is 3.00 bits per heavy atom. The molecule has 7 heteroatoms. The van der Waals surface area contributed by atoms with Crippen LogP contribution in [-0.2, 0) is 13.5 Å². The smallest absolute Gasteiger partial charge is 0.275 e. The van der Waals surface area contributed by atoms with Crippen LogP contribution in [0.3, 0.4) is 0 Å². The van der Waals surface area contributed by atoms with Gasteiger partial charge in [0.2, 0.25) is 0 Å². The first-order valence-corrected chi connectivity index (χ1v) is 6.44. The number of rotatable bonds is 4. The van der Waals surface area contributed by atoms with Gasteiger partial charge in [0.25, 0.3) is 5.91 Å². The van der Waals surface area contributed by atoms with Crippen molar-refractivity contribution < 1.29 is 4.79 Å². The molecule has 0 atom stereocenters. The minimum absolute atomic E-state index is 0.217. The van der Waals surface area contributed by atoms with E-state index in [2.05, 4.69) is 15.4 Å². The van der Waals surface area contributed by atoms with Crippen molar-refractivity contribution in [1.82, 2.24) is 14.8 Å². The minimum atomic E-state index is -0.217. The van der Waals surface area contributed by atoms with Crippen LogP contribution in [0.4, 0.5) is 5.69 Å². The molecule has 0 radical (unpaired) electrons. The van der Waals surface area contributed by atoms with E-state index in [1.54, 1.807) is 16.3 Å². The fraction of sp³-hybridized carbons (Fsp3) is 0.364. The number of carbonyl (C=O) groups excluding carboxylic acids is 1. The summed E-state index contributed by atoms with van der Waals surface area (Å²) in [5.74, 6) is -0.217. The van der Waals surface area contributed by atoms with Crippen LogP contribution >= 0.6 is 11.3 Å². The monoisotopic (exact) mass is 265 g/mol. The van der Waals surface area contributed by atoms with E-state index in [-0.39, 0.29) is 5.91 Å². The quantitative estimate of drug-likeness (QED) is 0.861. The SMILES string of the molecule is Cc1nn(C)cc1NC(=O)c1csc(CCN)n1. The number of aryl methyl sites for hydroxylation is 2. The molecule has 1 amide bonds. The van der Waals surface area contributed by atoms with Crippen LogP contribution < -0.4 is 11.1 Å². The van der Waals surface area contributed by atoms with Gasteiger partial charge in [0.05, 0.1) is 16.4 Å². The van der Waals surface area contributed by atoms with Gasteiger partial charge < -0.3 is 11.1 Å². The molecule has 96 valence electrons. The van der Waals surface area contributed by atoms with E-state index in [1.807, 2.05) is 14.0 Å². The molecule has 2 aromatic heterocycles. The van der Waals surface area contributed by atoms with E-state index < -0.39 is 0 Å². The topological polar surface area (TPSA) is 85.8 Å². The molecule has 0 saturated carbocycles. The summed E-state index contributed by atoms with van der Waals surface area (Å²) in [6.07, 6.45) is 2.46. The fourth-order valence-electron chi connectivity index (χ4n) is 1.56. The normalized spacial score (nSPS) is 10.6. The van der Waals surface area contributed by atoms with Crippen LogP contribution in [-0.4, -0.2) is 27.2 Å². The van der Waals surface area contributed by atoms with Gasteiger partial charge in [-0.05, 0) is 13.5 Å². The maximum absolute atomic E-state index is 12.0. The van der Waals surface area contributed by atoms with Crippen LogP contribution in [0.5, 0.6) is 0 Å². The molecule has 2 aromatic rings. The molecule has 0 aliphatic heterocycles. The zero-order valence-corrected chi connectivity index (χ0v) is 11.1. The molecule has 0 spiro atoms. The average molecular weight is 265 g/mol. The third kappa shape index (κ3) is 2.74. The lowest BCUT2D eigenvalue weighted by atomic mass is 10.3. The van der Waals surface area contributed by atoms with E-state index in [0.717, 1.165) is 10.7 Å². The molecule has 2 rings (SSSR count). The Morgan fingerprint density at radius 2 is 2.39 bits per heavy atom. The highest BCUT2D eigenvalue weighted by atomic mass is 32.1. The summed E-state index contributed by atoms with van der Waals surface area (Å²) >= 11 is 1.45. The summed E-state index contributed by atoms with van der Waals surface area (Å²) in [7, 11) is 1.81. The van der Waals surface area contributed by atoms with Gasteiger partial charge in [-0.15, -0.1) is 11.3 Å². The Bertz CT molecular complexity index is 560. The van der Waals surface area contributed by atoms with Crippen LogP contribution in [0.2, 0.25) is 0 Å². The third-order valence-corrected chi connectivity index (χ3v) is 3.31. The Kier molecular flexibility index (Phi) is 3.73. The molecule has 0 aromatic carbocycles. The molecule has 3 N–H and O–H groups in total. The van der Waals surface area contributed by atoms with Gasteiger partial charge in [-0.1, -0.05) is 0 Å². The maximum Gasteiger partial charge on any atom is 0.275 e. The highest BCUT2D eigenvalue weighted by Crippen LogP contribution is 2.15. The van der Waals surface area contributed by atoms with Crippen molar-refractivity contribution >= 4 is 22.9 Å². The lowest BCUT2D eigenvalue weighted by Crippen LogP contribution is -2.13. The second kappa shape index (κ2) is 5.28. The van der Waals surface area contributed by atoms with Crippen LogP contribution in [0.25, 0.3) is 0 Å². The Labute approximate surface area is 109 Å². The van der Waals surface area contributed by atoms with E-state index >= 15 is 0 Å². The predicted octanol–water partition coefficient (Wildman–Crippen LogP) is 0.939. The second-order valence-corrected chi connectivity index (χ2v) is 4.86. The summed E-state index contributed by atoms with van der Waals surface area (Å²) in [6, 6.07) is 0. The van der Waals surface area contributed by atoms with Crippen LogP contribution in [0.15, 0.2) is 11.6 Å². The number of amides is 1. The van der Waals surface area contributed by atoms with E-state index in [9.17, 15) is 4.79 Å². The number of anilines is 1. The molecule has 0 bridgehead atoms. The van der Waals surface area contributed by atoms with Crippen molar-refractivity contribution in [2.75, 3.05) is 11.9 Å². The van der Waals surface area contributed by atoms with Gasteiger partial charge in [0, 0.05) is 25.0 Å². The first-order chi connectivity index (χ1) is 8.60. The maximum atomic E-state index is 12.0. The number of hydrogen-bond acceptors (Lipinski definition) is 5. The van der Waals surface area contributed by atoms with Crippen molar-refractivity contribution in [3.63, 3.8) is 0 Å². The van der Waals surface area contributed by atoms with E-state index in [1.165, 1.54) is 11.3 Å². The van der Waals surface area contributed by atoms with Gasteiger partial charge in [0.15, 0.2) is 0 Å². The Hall–Kier alpha value is -1.73. The number of hydrogen-bond donors (Lipinski definition) is 2. The molecular weight excluding hydrogens is 250 g/mol. The molecular formula is C11H15N5OS. The van der Waals surface area contributed by atoms with Gasteiger partial charge in [-0.25, -0.2) is 4.98 Å². The molecule has 0 saturated heterocycles. The first kappa shape index (κ1) is 12.7. The fourth-order valence-corrected chi connectivity index (χ4v) is 2.36. The average Bonchev–Trinajstić information content (AvgIpc) is 2.87. The molecule has 0 fully saturated rings. The first-order valence-electron chi connectivity index (χ1n) is 5.56. The van der Waals surface area contributed by atoms with E-state index in [0.29, 0.717) is 24.3 Å². The second-order valence-electron chi connectivity index (χ2n) is 3.92. The number of nitrogens with one attached hydrogen (secondary N) is 1. The third-order valence-electron chi connectivity index (χ3n) is 2.40. The predicted molar refractivity (Wildman–Crippen MR) is 70.8 cm³/mol.